The van der Waals surface area contributed by atoms with Gasteiger partial charge in [0.2, 0.25) is 0 Å². The number of hydrogen-bond donors (Lipinski definition) is 3. The van der Waals surface area contributed by atoms with Crippen molar-refractivity contribution < 1.29 is 4.42 Å². The maximum atomic E-state index is 5.27. The molecule has 0 fully saturated rings. The normalized spacial score (nSPS) is 11.6. The molecule has 0 amide bonds. The second-order valence-corrected chi connectivity index (χ2v) is 8.26. The molecule has 8 nitrogen and oxygen atoms in total. The summed E-state index contributed by atoms with van der Waals surface area (Å²) in [6.07, 6.45) is 10.7. The van der Waals surface area contributed by atoms with Crippen LogP contribution in [-0.2, 0) is 0 Å². The minimum Gasteiger partial charge on any atom is -0.472 e. The highest BCUT2D eigenvalue weighted by atomic mass is 16.3. The molecule has 0 radical (unpaired) electrons. The molecule has 0 bridgehead atoms. The smallest absolute Gasteiger partial charge is 0.138 e. The third-order valence-corrected chi connectivity index (χ3v) is 5.56. The lowest BCUT2D eigenvalue weighted by Gasteiger charge is -2.10. The number of nitrogens with one attached hydrogen (secondary N) is 3. The highest BCUT2D eigenvalue weighted by Crippen LogP contribution is 2.34. The topological polar surface area (TPSA) is 108 Å². The molecule has 6 aromatic rings. The van der Waals surface area contributed by atoms with Crippen molar-refractivity contribution in [3.8, 4) is 33.8 Å². The fraction of sp³-hybridized carbons (Fsp3) is 0.120. The predicted octanol–water partition coefficient (Wildman–Crippen LogP) is 5.64. The molecule has 0 unspecified atom stereocenters. The fourth-order valence-electron chi connectivity index (χ4n) is 4.10. The Morgan fingerprint density at radius 3 is 2.76 bits per heavy atom. The number of H-pyrrole nitrogens is 2. The molecular weight excluding hydrogens is 414 g/mol. The summed E-state index contributed by atoms with van der Waals surface area (Å²) in [5.41, 5.74) is 8.15. The lowest BCUT2D eigenvalue weighted by atomic mass is 10.1. The number of fused-ring (bicyclic) bond motifs is 2. The van der Waals surface area contributed by atoms with Crippen molar-refractivity contribution in [1.82, 2.24) is 30.1 Å². The van der Waals surface area contributed by atoms with Gasteiger partial charge in [0.1, 0.15) is 11.3 Å². The molecule has 0 aliphatic carbocycles. The Labute approximate surface area is 189 Å². The molecule has 0 saturated carbocycles. The first kappa shape index (κ1) is 19.2. The summed E-state index contributed by atoms with van der Waals surface area (Å²) in [6.45, 7) is 4.20. The summed E-state index contributed by atoms with van der Waals surface area (Å²) in [4.78, 5) is 16.9. The molecule has 33 heavy (non-hydrogen) atoms. The Kier molecular flexibility index (Phi) is 4.43. The van der Waals surface area contributed by atoms with E-state index in [1.165, 1.54) is 0 Å². The molecule has 6 aromatic heterocycles. The molecule has 8 heteroatoms. The van der Waals surface area contributed by atoms with Crippen molar-refractivity contribution in [1.29, 1.82) is 0 Å². The maximum absolute atomic E-state index is 5.27. The lowest BCUT2D eigenvalue weighted by molar-refractivity contribution is 0.568. The van der Waals surface area contributed by atoms with Crippen LogP contribution in [0.5, 0.6) is 0 Å². The molecule has 0 atom stereocenters. The van der Waals surface area contributed by atoms with Crippen LogP contribution in [0, 0.1) is 0 Å². The predicted molar refractivity (Wildman–Crippen MR) is 129 cm³/mol. The van der Waals surface area contributed by atoms with Gasteiger partial charge in [-0.2, -0.15) is 5.10 Å². The Morgan fingerprint density at radius 2 is 1.91 bits per heavy atom. The molecule has 3 N–H and O–H groups in total. The number of anilines is 1. The second kappa shape index (κ2) is 7.59. The first-order valence-electron chi connectivity index (χ1n) is 10.7. The van der Waals surface area contributed by atoms with E-state index in [1.807, 2.05) is 36.8 Å². The van der Waals surface area contributed by atoms with E-state index in [9.17, 15) is 0 Å². The van der Waals surface area contributed by atoms with E-state index >= 15 is 0 Å². The Balaban J connectivity index is 1.45. The second-order valence-electron chi connectivity index (χ2n) is 8.26. The van der Waals surface area contributed by atoms with E-state index in [0.29, 0.717) is 6.04 Å². The summed E-state index contributed by atoms with van der Waals surface area (Å²) in [7, 11) is 0. The van der Waals surface area contributed by atoms with Gasteiger partial charge in [0, 0.05) is 46.5 Å². The van der Waals surface area contributed by atoms with Gasteiger partial charge in [-0.05, 0) is 49.7 Å². The standard InChI is InChI=1S/C25H21N7O/c1-14(2)29-17-7-16(10-26-11-17)21-9-20-23(12-28-21)31-32-24(20)22-8-19-18(15-4-6-33-13-15)3-5-27-25(19)30-22/h3-14,29H,1-2H3,(H,27,30)(H,31,32). The SMILES string of the molecule is CC(C)Nc1cncc(-c2cc3c(-c4cc5c(-c6ccoc6)ccnc5[nH]4)n[nH]c3cn2)c1. The van der Waals surface area contributed by atoms with Gasteiger partial charge < -0.3 is 14.7 Å². The van der Waals surface area contributed by atoms with Crippen LogP contribution in [0.25, 0.3) is 55.7 Å². The van der Waals surface area contributed by atoms with Crippen LogP contribution in [-0.4, -0.2) is 36.2 Å². The molecule has 0 aromatic carbocycles. The average Bonchev–Trinajstić information content (AvgIpc) is 3.57. The highest BCUT2D eigenvalue weighted by Gasteiger charge is 2.16. The number of rotatable bonds is 5. The van der Waals surface area contributed by atoms with Gasteiger partial charge in [-0.25, -0.2) is 4.98 Å². The third kappa shape index (κ3) is 3.41. The number of aromatic amines is 2. The van der Waals surface area contributed by atoms with Gasteiger partial charge in [-0.3, -0.25) is 15.1 Å². The van der Waals surface area contributed by atoms with Gasteiger partial charge in [-0.15, -0.1) is 0 Å². The largest absolute Gasteiger partial charge is 0.472 e. The Hall–Kier alpha value is -4.46. The Morgan fingerprint density at radius 1 is 0.970 bits per heavy atom. The summed E-state index contributed by atoms with van der Waals surface area (Å²) < 4.78 is 5.27. The van der Waals surface area contributed by atoms with Gasteiger partial charge in [0.15, 0.2) is 0 Å². The first-order chi connectivity index (χ1) is 16.2. The summed E-state index contributed by atoms with van der Waals surface area (Å²) >= 11 is 0. The van der Waals surface area contributed by atoms with Crippen LogP contribution in [0.4, 0.5) is 5.69 Å². The molecule has 0 aliphatic rings. The molecule has 0 aliphatic heterocycles. The van der Waals surface area contributed by atoms with Crippen LogP contribution < -0.4 is 5.32 Å². The molecule has 162 valence electrons. The monoisotopic (exact) mass is 435 g/mol. The van der Waals surface area contributed by atoms with E-state index in [4.69, 9.17) is 4.42 Å². The lowest BCUT2D eigenvalue weighted by Crippen LogP contribution is -2.09. The molecule has 6 rings (SSSR count). The minimum atomic E-state index is 0.320. The van der Waals surface area contributed by atoms with Crippen LogP contribution in [0.1, 0.15) is 13.8 Å². The molecular formula is C25H21N7O. The zero-order valence-corrected chi connectivity index (χ0v) is 18.1. The molecule has 0 saturated heterocycles. The quantitative estimate of drug-likeness (QED) is 0.323. The number of hydrogen-bond acceptors (Lipinski definition) is 6. The van der Waals surface area contributed by atoms with Gasteiger partial charge in [0.05, 0.1) is 41.3 Å². The molecule has 6 heterocycles. The van der Waals surface area contributed by atoms with Gasteiger partial charge in [-0.1, -0.05) is 0 Å². The average molecular weight is 435 g/mol. The summed E-state index contributed by atoms with van der Waals surface area (Å²) in [5.74, 6) is 0. The van der Waals surface area contributed by atoms with Crippen LogP contribution >= 0.6 is 0 Å². The number of pyridine rings is 3. The number of nitrogens with zero attached hydrogens (tertiary/aromatic N) is 4. The van der Waals surface area contributed by atoms with Crippen molar-refractivity contribution in [3.05, 3.63) is 67.6 Å². The van der Waals surface area contributed by atoms with E-state index in [2.05, 4.69) is 61.4 Å². The van der Waals surface area contributed by atoms with E-state index in [-0.39, 0.29) is 0 Å². The molecule has 0 spiro atoms. The minimum absolute atomic E-state index is 0.320. The Bertz CT molecular complexity index is 1580. The zero-order chi connectivity index (χ0) is 22.4. The highest BCUT2D eigenvalue weighted by molar-refractivity contribution is 6.00. The number of furan rings is 1. The van der Waals surface area contributed by atoms with E-state index < -0.39 is 0 Å². The van der Waals surface area contributed by atoms with Crippen molar-refractivity contribution in [3.63, 3.8) is 0 Å². The van der Waals surface area contributed by atoms with Crippen molar-refractivity contribution >= 4 is 27.6 Å². The fourth-order valence-corrected chi connectivity index (χ4v) is 4.10. The van der Waals surface area contributed by atoms with Gasteiger partial charge in [0.25, 0.3) is 0 Å². The third-order valence-electron chi connectivity index (χ3n) is 5.56. The maximum Gasteiger partial charge on any atom is 0.138 e. The van der Waals surface area contributed by atoms with E-state index in [0.717, 1.165) is 61.4 Å². The van der Waals surface area contributed by atoms with Crippen molar-refractivity contribution in [2.75, 3.05) is 5.32 Å². The summed E-state index contributed by atoms with van der Waals surface area (Å²) in [6, 6.07) is 10.4. The van der Waals surface area contributed by atoms with Crippen LogP contribution in [0.15, 0.2) is 72.1 Å². The van der Waals surface area contributed by atoms with Crippen molar-refractivity contribution in [2.45, 2.75) is 19.9 Å². The first-order valence-corrected chi connectivity index (χ1v) is 10.7. The van der Waals surface area contributed by atoms with Gasteiger partial charge >= 0.3 is 0 Å². The zero-order valence-electron chi connectivity index (χ0n) is 18.1. The number of aromatic nitrogens is 6. The van der Waals surface area contributed by atoms with E-state index in [1.54, 1.807) is 18.7 Å². The summed E-state index contributed by atoms with van der Waals surface area (Å²) in [5, 5.41) is 13.0. The van der Waals surface area contributed by atoms with Crippen LogP contribution in [0.2, 0.25) is 0 Å². The van der Waals surface area contributed by atoms with Crippen molar-refractivity contribution in [2.24, 2.45) is 0 Å². The van der Waals surface area contributed by atoms with Crippen LogP contribution in [0.3, 0.4) is 0 Å².